The predicted molar refractivity (Wildman–Crippen MR) is 66.8 cm³/mol. The third kappa shape index (κ3) is 2.07. The van der Waals surface area contributed by atoms with Gasteiger partial charge in [0.25, 0.3) is 5.91 Å². The molecule has 1 aromatic rings. The third-order valence-corrected chi connectivity index (χ3v) is 3.04. The summed E-state index contributed by atoms with van der Waals surface area (Å²) in [7, 11) is 0. The number of nitrogens with one attached hydrogen (secondary N) is 1. The van der Waals surface area contributed by atoms with Crippen molar-refractivity contribution in [2.75, 3.05) is 0 Å². The molecule has 1 fully saturated rings. The van der Waals surface area contributed by atoms with Gasteiger partial charge < -0.3 is 5.32 Å². The van der Waals surface area contributed by atoms with Gasteiger partial charge in [-0.05, 0) is 24.2 Å². The molecule has 2 rings (SSSR count). The van der Waals surface area contributed by atoms with E-state index in [1.54, 1.807) is 4.90 Å². The Morgan fingerprint density at radius 2 is 2.06 bits per heavy atom. The van der Waals surface area contributed by atoms with Crippen LogP contribution in [0.2, 0.25) is 0 Å². The molecular weight excluding hydrogens is 220 g/mol. The second-order valence-corrected chi connectivity index (χ2v) is 4.21. The molecule has 0 spiro atoms. The van der Waals surface area contributed by atoms with E-state index < -0.39 is 0 Å². The second-order valence-electron chi connectivity index (χ2n) is 3.82. The van der Waals surface area contributed by atoms with Crippen molar-refractivity contribution < 1.29 is 4.79 Å². The maximum absolute atomic E-state index is 11.9. The molecule has 0 unspecified atom stereocenters. The Balaban J connectivity index is 2.11. The quantitative estimate of drug-likeness (QED) is 0.808. The fourth-order valence-electron chi connectivity index (χ4n) is 1.77. The Hall–Kier alpha value is -1.42. The Morgan fingerprint density at radius 1 is 1.38 bits per heavy atom. The van der Waals surface area contributed by atoms with E-state index in [1.807, 2.05) is 37.3 Å². The first-order chi connectivity index (χ1) is 7.72. The van der Waals surface area contributed by atoms with Crippen LogP contribution >= 0.6 is 12.2 Å². The normalized spacial score (nSPS) is 20.1. The van der Waals surface area contributed by atoms with Crippen molar-refractivity contribution in [1.82, 2.24) is 10.2 Å². The Labute approximate surface area is 100 Å². The topological polar surface area (TPSA) is 32.3 Å². The molecule has 1 aromatic carbocycles. The number of amides is 1. The van der Waals surface area contributed by atoms with Crippen LogP contribution in [0.15, 0.2) is 30.3 Å². The molecule has 3 nitrogen and oxygen atoms in total. The van der Waals surface area contributed by atoms with Crippen molar-refractivity contribution in [2.45, 2.75) is 25.9 Å². The van der Waals surface area contributed by atoms with Gasteiger partial charge in [0.15, 0.2) is 5.11 Å². The van der Waals surface area contributed by atoms with Crippen LogP contribution in [0.5, 0.6) is 0 Å². The van der Waals surface area contributed by atoms with Crippen LogP contribution in [0.3, 0.4) is 0 Å². The lowest BCUT2D eigenvalue weighted by Gasteiger charge is -2.14. The van der Waals surface area contributed by atoms with Gasteiger partial charge in [-0.2, -0.15) is 0 Å². The van der Waals surface area contributed by atoms with E-state index in [0.717, 1.165) is 12.0 Å². The van der Waals surface area contributed by atoms with Gasteiger partial charge in [-0.3, -0.25) is 9.69 Å². The summed E-state index contributed by atoms with van der Waals surface area (Å²) in [4.78, 5) is 13.6. The lowest BCUT2D eigenvalue weighted by Crippen LogP contribution is -2.30. The Morgan fingerprint density at radius 3 is 2.62 bits per heavy atom. The molecule has 1 aliphatic rings. The predicted octanol–water partition coefficient (Wildman–Crippen LogP) is 1.68. The zero-order chi connectivity index (χ0) is 11.5. The summed E-state index contributed by atoms with van der Waals surface area (Å²) in [6.45, 7) is 2.53. The van der Waals surface area contributed by atoms with E-state index >= 15 is 0 Å². The average molecular weight is 234 g/mol. The lowest BCUT2D eigenvalue weighted by atomic mass is 10.2. The fourth-order valence-corrected chi connectivity index (χ4v) is 2.07. The van der Waals surface area contributed by atoms with Gasteiger partial charge >= 0.3 is 0 Å². The second kappa shape index (κ2) is 4.61. The van der Waals surface area contributed by atoms with Gasteiger partial charge in [-0.25, -0.2) is 0 Å². The average Bonchev–Trinajstić information content (AvgIpc) is 2.58. The highest BCUT2D eigenvalue weighted by molar-refractivity contribution is 7.80. The fraction of sp³-hybridized carbons (Fsp3) is 0.333. The summed E-state index contributed by atoms with van der Waals surface area (Å²) in [6, 6.07) is 9.73. The van der Waals surface area contributed by atoms with Crippen molar-refractivity contribution in [3.8, 4) is 0 Å². The van der Waals surface area contributed by atoms with E-state index in [4.69, 9.17) is 12.2 Å². The van der Waals surface area contributed by atoms with E-state index in [1.165, 1.54) is 0 Å². The van der Waals surface area contributed by atoms with Gasteiger partial charge in [-0.1, -0.05) is 37.3 Å². The third-order valence-electron chi connectivity index (χ3n) is 2.70. The molecular formula is C12H14N2OS. The summed E-state index contributed by atoms with van der Waals surface area (Å²) >= 11 is 5.15. The molecule has 1 N–H and O–H groups in total. The van der Waals surface area contributed by atoms with Gasteiger partial charge in [0, 0.05) is 0 Å². The number of thiocarbonyl (C=S) groups is 1. The number of carbonyl (C=O) groups excluding carboxylic acids is 1. The van der Waals surface area contributed by atoms with Gasteiger partial charge in [0.1, 0.15) is 6.04 Å². The van der Waals surface area contributed by atoms with Crippen LogP contribution in [0.4, 0.5) is 0 Å². The van der Waals surface area contributed by atoms with E-state index in [9.17, 15) is 4.79 Å². The molecule has 16 heavy (non-hydrogen) atoms. The molecule has 84 valence electrons. The minimum Gasteiger partial charge on any atom is -0.350 e. The highest BCUT2D eigenvalue weighted by Gasteiger charge is 2.33. The summed E-state index contributed by atoms with van der Waals surface area (Å²) in [6.07, 6.45) is 0.768. The van der Waals surface area contributed by atoms with Crippen LogP contribution in [-0.4, -0.2) is 22.0 Å². The monoisotopic (exact) mass is 234 g/mol. The molecule has 4 heteroatoms. The van der Waals surface area contributed by atoms with Gasteiger partial charge in [0.05, 0.1) is 6.54 Å². The molecule has 1 heterocycles. The minimum absolute atomic E-state index is 0.0800. The first kappa shape index (κ1) is 11.1. The Kier molecular flexibility index (Phi) is 3.19. The molecule has 0 radical (unpaired) electrons. The van der Waals surface area contributed by atoms with E-state index in [0.29, 0.717) is 11.7 Å². The smallest absolute Gasteiger partial charge is 0.251 e. The van der Waals surface area contributed by atoms with E-state index in [2.05, 4.69) is 5.32 Å². The number of benzene rings is 1. The highest BCUT2D eigenvalue weighted by atomic mass is 32.1. The molecule has 0 aromatic heterocycles. The van der Waals surface area contributed by atoms with Crippen LogP contribution < -0.4 is 5.32 Å². The standard InChI is InChI=1S/C12H14N2OS/c1-2-10-11(15)14(12(16)13-10)8-9-6-4-3-5-7-9/h3-7,10H,2,8H2,1H3,(H,13,16)/t10-/m0/s1. The van der Waals surface area contributed by atoms with Crippen LogP contribution in [0.1, 0.15) is 18.9 Å². The summed E-state index contributed by atoms with van der Waals surface area (Å²) in [5, 5.41) is 3.57. The zero-order valence-electron chi connectivity index (χ0n) is 9.14. The molecule has 1 aliphatic heterocycles. The molecule has 0 bridgehead atoms. The van der Waals surface area contributed by atoms with Gasteiger partial charge in [-0.15, -0.1) is 0 Å². The largest absolute Gasteiger partial charge is 0.350 e. The summed E-state index contributed by atoms with van der Waals surface area (Å²) < 4.78 is 0. The van der Waals surface area contributed by atoms with Crippen molar-refractivity contribution in [3.05, 3.63) is 35.9 Å². The number of rotatable bonds is 3. The van der Waals surface area contributed by atoms with Crippen LogP contribution in [-0.2, 0) is 11.3 Å². The van der Waals surface area contributed by atoms with Crippen LogP contribution in [0.25, 0.3) is 0 Å². The number of nitrogens with zero attached hydrogens (tertiary/aromatic N) is 1. The van der Waals surface area contributed by atoms with Crippen LogP contribution in [0, 0.1) is 0 Å². The first-order valence-electron chi connectivity index (χ1n) is 5.38. The molecule has 1 atom stereocenters. The van der Waals surface area contributed by atoms with Crippen molar-refractivity contribution in [2.24, 2.45) is 0 Å². The van der Waals surface area contributed by atoms with Crippen molar-refractivity contribution in [1.29, 1.82) is 0 Å². The van der Waals surface area contributed by atoms with E-state index in [-0.39, 0.29) is 11.9 Å². The highest BCUT2D eigenvalue weighted by Crippen LogP contribution is 2.13. The molecule has 0 saturated carbocycles. The summed E-state index contributed by atoms with van der Waals surface area (Å²) in [5.41, 5.74) is 1.09. The maximum atomic E-state index is 11.9. The lowest BCUT2D eigenvalue weighted by molar-refractivity contribution is -0.127. The number of hydrogen-bond donors (Lipinski definition) is 1. The molecule has 0 aliphatic carbocycles. The van der Waals surface area contributed by atoms with Crippen molar-refractivity contribution in [3.63, 3.8) is 0 Å². The van der Waals surface area contributed by atoms with Crippen molar-refractivity contribution >= 4 is 23.2 Å². The number of carbonyl (C=O) groups is 1. The Bertz CT molecular complexity index is 405. The minimum atomic E-state index is -0.142. The zero-order valence-corrected chi connectivity index (χ0v) is 9.96. The molecule has 1 saturated heterocycles. The molecule has 1 amide bonds. The first-order valence-corrected chi connectivity index (χ1v) is 5.79. The number of hydrogen-bond acceptors (Lipinski definition) is 2. The maximum Gasteiger partial charge on any atom is 0.251 e. The van der Waals surface area contributed by atoms with Gasteiger partial charge in [0.2, 0.25) is 0 Å². The SMILES string of the molecule is CC[C@@H]1NC(=S)N(Cc2ccccc2)C1=O. The summed E-state index contributed by atoms with van der Waals surface area (Å²) in [5.74, 6) is 0.0800.